The Hall–Kier alpha value is -1.11. The Morgan fingerprint density at radius 2 is 0.474 bits per heavy atom. The number of unbranched alkanes of at least 4 members (excludes halogenated alkanes) is 42. The predicted octanol–water partition coefficient (Wildman–Crippen LogP) is 20.6. The van der Waals surface area contributed by atoms with E-state index in [2.05, 4.69) is 44.2 Å². The van der Waals surface area contributed by atoms with Crippen molar-refractivity contribution in [3.05, 3.63) is 36.0 Å². The minimum Gasteiger partial charge on any atom is -0.298 e. The molecule has 0 radical (unpaired) electrons. The second-order valence-electron chi connectivity index (χ2n) is 18.3. The fourth-order valence-electron chi connectivity index (χ4n) is 8.47. The third-order valence-corrected chi connectivity index (χ3v) is 12.5. The third-order valence-electron chi connectivity index (χ3n) is 12.5. The Morgan fingerprint density at radius 3 is 0.719 bits per heavy atom. The Labute approximate surface area is 361 Å². The summed E-state index contributed by atoms with van der Waals surface area (Å²) in [6, 6.07) is 0. The summed E-state index contributed by atoms with van der Waals surface area (Å²) in [7, 11) is 0. The molecule has 0 aliphatic rings. The third kappa shape index (κ3) is 51.0. The summed E-state index contributed by atoms with van der Waals surface area (Å²) >= 11 is 0. The smallest absolute Gasteiger partial charge is 0.145 e. The molecule has 0 heterocycles. The highest BCUT2D eigenvalue weighted by Gasteiger charge is 1.99. The lowest BCUT2D eigenvalue weighted by molar-refractivity contribution is -0.105. The molecule has 0 aromatic carbocycles. The Bertz CT molecular complexity index is 819. The lowest BCUT2D eigenvalue weighted by atomic mass is 10.0. The lowest BCUT2D eigenvalue weighted by Crippen LogP contribution is -1.88. The van der Waals surface area contributed by atoms with Crippen LogP contribution in [-0.2, 0) is 4.79 Å². The van der Waals surface area contributed by atoms with Crippen molar-refractivity contribution in [2.24, 2.45) is 0 Å². The summed E-state index contributed by atoms with van der Waals surface area (Å²) in [5.41, 5.74) is 1.06. The minimum atomic E-state index is 0.997. The van der Waals surface area contributed by atoms with Crippen LogP contribution in [0.5, 0.6) is 0 Å². The van der Waals surface area contributed by atoms with Gasteiger partial charge in [-0.25, -0.2) is 0 Å². The summed E-state index contributed by atoms with van der Waals surface area (Å²) < 4.78 is 0. The zero-order valence-corrected chi connectivity index (χ0v) is 39.6. The highest BCUT2D eigenvalue weighted by molar-refractivity contribution is 5.72. The molecule has 0 amide bonds. The Kier molecular flexibility index (Phi) is 51.9. The summed E-state index contributed by atoms with van der Waals surface area (Å²) in [6.45, 7) is 4.59. The summed E-state index contributed by atoms with van der Waals surface area (Å²) in [4.78, 5) is 11.6. The van der Waals surface area contributed by atoms with E-state index in [4.69, 9.17) is 0 Å². The van der Waals surface area contributed by atoms with Gasteiger partial charge < -0.3 is 0 Å². The van der Waals surface area contributed by atoms with Gasteiger partial charge in [0.2, 0.25) is 0 Å². The van der Waals surface area contributed by atoms with Gasteiger partial charge >= 0.3 is 0 Å². The number of hydrogen-bond acceptors (Lipinski definition) is 1. The number of aldehydes is 1. The first-order valence-corrected chi connectivity index (χ1v) is 26.8. The summed E-state index contributed by atoms with van der Waals surface area (Å²) in [5.74, 6) is 0. The molecule has 0 unspecified atom stereocenters. The summed E-state index contributed by atoms with van der Waals surface area (Å²) in [6.07, 6.45) is 77.9. The molecular weight excluding hydrogens is 689 g/mol. The number of carbonyl (C=O) groups excluding carboxylic acids is 1. The number of rotatable bonds is 50. The number of hydrogen-bond donors (Lipinski definition) is 0. The molecule has 1 nitrogen and oxygen atoms in total. The molecule has 0 atom stereocenters. The van der Waals surface area contributed by atoms with Crippen molar-refractivity contribution in [3.63, 3.8) is 0 Å². The van der Waals surface area contributed by atoms with Crippen LogP contribution in [0.2, 0.25) is 0 Å². The first-order chi connectivity index (χ1) is 28.3. The van der Waals surface area contributed by atoms with E-state index in [1.165, 1.54) is 289 Å². The molecule has 0 aromatic heterocycles. The molecular formula is C56H106O. The van der Waals surface area contributed by atoms with Crippen LogP contribution in [0.25, 0.3) is 0 Å². The molecule has 0 spiro atoms. The minimum absolute atomic E-state index is 0.997. The van der Waals surface area contributed by atoms with Gasteiger partial charge in [0.15, 0.2) is 0 Å². The molecule has 0 fully saturated rings. The molecule has 0 N–H and O–H groups in total. The molecule has 0 saturated heterocycles. The largest absolute Gasteiger partial charge is 0.298 e. The average molecular weight is 795 g/mol. The average Bonchev–Trinajstić information content (AvgIpc) is 3.22. The van der Waals surface area contributed by atoms with Gasteiger partial charge in [-0.1, -0.05) is 269 Å². The first-order valence-electron chi connectivity index (χ1n) is 26.8. The van der Waals surface area contributed by atoms with Crippen LogP contribution in [0, 0.1) is 0 Å². The SMILES string of the molecule is CCCCCCCC/C=C\CCCCCCCCCCCCCCCCC/C=C(/C=O)CCCCCCCCCCCCCCCC/C=C\CCCCCCCC. The van der Waals surface area contributed by atoms with Crippen LogP contribution in [0.3, 0.4) is 0 Å². The van der Waals surface area contributed by atoms with Crippen molar-refractivity contribution in [1.82, 2.24) is 0 Å². The van der Waals surface area contributed by atoms with Crippen molar-refractivity contribution in [2.45, 2.75) is 316 Å². The predicted molar refractivity (Wildman–Crippen MR) is 261 cm³/mol. The van der Waals surface area contributed by atoms with Crippen LogP contribution in [0.1, 0.15) is 316 Å². The van der Waals surface area contributed by atoms with E-state index in [-0.39, 0.29) is 0 Å². The van der Waals surface area contributed by atoms with E-state index in [0.29, 0.717) is 0 Å². The summed E-state index contributed by atoms with van der Waals surface area (Å²) in [5, 5.41) is 0. The van der Waals surface area contributed by atoms with Crippen LogP contribution in [-0.4, -0.2) is 6.29 Å². The lowest BCUT2D eigenvalue weighted by Gasteiger charge is -2.04. The van der Waals surface area contributed by atoms with E-state index in [1.54, 1.807) is 0 Å². The van der Waals surface area contributed by atoms with Crippen molar-refractivity contribution in [2.75, 3.05) is 0 Å². The molecule has 0 bridgehead atoms. The molecule has 0 aliphatic carbocycles. The van der Waals surface area contributed by atoms with Gasteiger partial charge in [0.05, 0.1) is 0 Å². The van der Waals surface area contributed by atoms with Gasteiger partial charge in [0, 0.05) is 0 Å². The topological polar surface area (TPSA) is 17.1 Å². The zero-order chi connectivity index (χ0) is 41.1. The molecule has 57 heavy (non-hydrogen) atoms. The maximum absolute atomic E-state index is 11.6. The molecule has 0 aromatic rings. The van der Waals surface area contributed by atoms with Gasteiger partial charge in [0.1, 0.15) is 6.29 Å². The molecule has 1 heteroatoms. The second-order valence-corrected chi connectivity index (χ2v) is 18.3. The van der Waals surface area contributed by atoms with Crippen LogP contribution >= 0.6 is 0 Å². The normalized spacial score (nSPS) is 12.2. The van der Waals surface area contributed by atoms with E-state index < -0.39 is 0 Å². The van der Waals surface area contributed by atoms with Gasteiger partial charge in [-0.15, -0.1) is 0 Å². The van der Waals surface area contributed by atoms with Crippen LogP contribution in [0.4, 0.5) is 0 Å². The molecule has 0 aliphatic heterocycles. The monoisotopic (exact) mass is 795 g/mol. The van der Waals surface area contributed by atoms with E-state index >= 15 is 0 Å². The van der Waals surface area contributed by atoms with Gasteiger partial charge in [-0.2, -0.15) is 0 Å². The molecule has 0 rings (SSSR count). The van der Waals surface area contributed by atoms with Gasteiger partial charge in [0.25, 0.3) is 0 Å². The Morgan fingerprint density at radius 1 is 0.263 bits per heavy atom. The highest BCUT2D eigenvalue weighted by atomic mass is 16.1. The second kappa shape index (κ2) is 52.9. The molecule has 336 valence electrons. The van der Waals surface area contributed by atoms with E-state index in [1.807, 2.05) is 0 Å². The van der Waals surface area contributed by atoms with E-state index in [0.717, 1.165) is 24.7 Å². The fourth-order valence-corrected chi connectivity index (χ4v) is 8.47. The van der Waals surface area contributed by atoms with Crippen LogP contribution in [0.15, 0.2) is 36.0 Å². The highest BCUT2D eigenvalue weighted by Crippen LogP contribution is 2.18. The van der Waals surface area contributed by atoms with Crippen molar-refractivity contribution in [1.29, 1.82) is 0 Å². The number of allylic oxidation sites excluding steroid dienone is 6. The fraction of sp³-hybridized carbons (Fsp3) is 0.875. The maximum atomic E-state index is 11.6. The van der Waals surface area contributed by atoms with E-state index in [9.17, 15) is 4.79 Å². The van der Waals surface area contributed by atoms with Crippen molar-refractivity contribution in [3.8, 4) is 0 Å². The molecule has 0 saturated carbocycles. The van der Waals surface area contributed by atoms with Crippen molar-refractivity contribution < 1.29 is 4.79 Å². The zero-order valence-electron chi connectivity index (χ0n) is 39.6. The van der Waals surface area contributed by atoms with Gasteiger partial charge in [-0.05, 0) is 82.6 Å². The van der Waals surface area contributed by atoms with Crippen molar-refractivity contribution >= 4 is 6.29 Å². The number of carbonyl (C=O) groups is 1. The quantitative estimate of drug-likeness (QED) is 0.0259. The Balaban J connectivity index is 3.32. The van der Waals surface area contributed by atoms with Gasteiger partial charge in [-0.3, -0.25) is 4.79 Å². The first kappa shape index (κ1) is 55.9. The maximum Gasteiger partial charge on any atom is 0.145 e. The standard InChI is InChI=1S/C56H106O/c1-3-5-7-9-11-13-15-17-19-21-23-25-27-29-30-32-34-36-38-40-42-44-46-48-50-52-54-56(55-57)53-51-49-47-45-43-41-39-37-35-33-31-28-26-24-22-20-18-16-14-12-10-8-6-4-2/h17-20,54-55H,3-16,21-53H2,1-2H3/b19-17-,20-18-,56-54+. The van der Waals surface area contributed by atoms with Crippen LogP contribution < -0.4 is 0 Å².